The lowest BCUT2D eigenvalue weighted by Gasteiger charge is -2.22. The summed E-state index contributed by atoms with van der Waals surface area (Å²) in [7, 11) is 0. The lowest BCUT2D eigenvalue weighted by atomic mass is 9.83. The summed E-state index contributed by atoms with van der Waals surface area (Å²) in [6, 6.07) is 0. The smallest absolute Gasteiger partial charge is 0.0241 e. The molecule has 0 nitrogen and oxygen atoms in total. The standard InChI is InChI=1S/C11H23/c1-6-7-8-10(4)11(5)9(2)3/h9,11H,6-8H2,1-5H3. The fourth-order valence-electron chi connectivity index (χ4n) is 1.25. The quantitative estimate of drug-likeness (QED) is 0.561. The molecule has 0 N–H and O–H groups in total. The van der Waals surface area contributed by atoms with Crippen molar-refractivity contribution in [2.75, 3.05) is 0 Å². The molecule has 0 saturated carbocycles. The van der Waals surface area contributed by atoms with E-state index in [9.17, 15) is 0 Å². The Morgan fingerprint density at radius 2 is 1.73 bits per heavy atom. The van der Waals surface area contributed by atoms with Crippen LogP contribution in [0.3, 0.4) is 0 Å². The lowest BCUT2D eigenvalue weighted by Crippen LogP contribution is -2.12. The Morgan fingerprint density at radius 1 is 1.18 bits per heavy atom. The highest BCUT2D eigenvalue weighted by molar-refractivity contribution is 4.90. The molecule has 0 aromatic heterocycles. The third kappa shape index (κ3) is 4.44. The van der Waals surface area contributed by atoms with Crippen LogP contribution in [-0.4, -0.2) is 0 Å². The molecule has 0 heterocycles. The number of hydrogen-bond donors (Lipinski definition) is 0. The molecule has 0 bridgehead atoms. The van der Waals surface area contributed by atoms with Crippen molar-refractivity contribution in [3.63, 3.8) is 0 Å². The highest BCUT2D eigenvalue weighted by Gasteiger charge is 2.14. The van der Waals surface area contributed by atoms with Crippen LogP contribution in [-0.2, 0) is 0 Å². The molecule has 0 aromatic carbocycles. The van der Waals surface area contributed by atoms with E-state index >= 15 is 0 Å². The molecular formula is C11H23. The minimum atomic E-state index is 0.807. The Kier molecular flexibility index (Phi) is 5.62. The topological polar surface area (TPSA) is 0 Å². The SMILES string of the molecule is CCCC[C](C)C(C)C(C)C. The first-order valence-corrected chi connectivity index (χ1v) is 4.91. The summed E-state index contributed by atoms with van der Waals surface area (Å²) in [5.41, 5.74) is 0. The van der Waals surface area contributed by atoms with Gasteiger partial charge in [-0.1, -0.05) is 47.5 Å². The third-order valence-corrected chi connectivity index (χ3v) is 2.70. The van der Waals surface area contributed by atoms with E-state index in [0.717, 1.165) is 11.8 Å². The highest BCUT2D eigenvalue weighted by Crippen LogP contribution is 2.25. The number of hydrogen-bond acceptors (Lipinski definition) is 0. The molecule has 0 aliphatic rings. The summed E-state index contributed by atoms with van der Waals surface area (Å²) in [6.07, 6.45) is 4.01. The molecule has 0 fully saturated rings. The lowest BCUT2D eigenvalue weighted by molar-refractivity contribution is 0.412. The minimum Gasteiger partial charge on any atom is -0.0654 e. The van der Waals surface area contributed by atoms with E-state index in [2.05, 4.69) is 34.6 Å². The van der Waals surface area contributed by atoms with Gasteiger partial charge in [-0.05, 0) is 24.2 Å². The summed E-state index contributed by atoms with van der Waals surface area (Å²) in [6.45, 7) is 11.5. The second-order valence-corrected chi connectivity index (χ2v) is 3.98. The second-order valence-electron chi connectivity index (χ2n) is 3.98. The van der Waals surface area contributed by atoms with Crippen molar-refractivity contribution in [1.82, 2.24) is 0 Å². The fourth-order valence-corrected chi connectivity index (χ4v) is 1.25. The maximum atomic E-state index is 2.34. The van der Waals surface area contributed by atoms with Crippen LogP contribution in [0, 0.1) is 17.8 Å². The second kappa shape index (κ2) is 5.62. The molecule has 0 aromatic rings. The molecule has 0 amide bonds. The average Bonchev–Trinajstić information content (AvgIpc) is 1.98. The van der Waals surface area contributed by atoms with E-state index in [1.54, 1.807) is 5.92 Å². The van der Waals surface area contributed by atoms with Gasteiger partial charge in [0.05, 0.1) is 0 Å². The van der Waals surface area contributed by atoms with Crippen LogP contribution in [0.15, 0.2) is 0 Å². The van der Waals surface area contributed by atoms with Gasteiger partial charge >= 0.3 is 0 Å². The maximum absolute atomic E-state index is 2.34. The van der Waals surface area contributed by atoms with Gasteiger partial charge in [-0.25, -0.2) is 0 Å². The Bertz CT molecular complexity index is 84.0. The van der Waals surface area contributed by atoms with Gasteiger partial charge in [0.1, 0.15) is 0 Å². The first-order valence-electron chi connectivity index (χ1n) is 4.91. The van der Waals surface area contributed by atoms with Crippen molar-refractivity contribution in [1.29, 1.82) is 0 Å². The maximum Gasteiger partial charge on any atom is -0.0241 e. The molecule has 0 aliphatic heterocycles. The van der Waals surface area contributed by atoms with Gasteiger partial charge in [0.25, 0.3) is 0 Å². The summed E-state index contributed by atoms with van der Waals surface area (Å²) < 4.78 is 0. The molecule has 1 radical (unpaired) electrons. The summed E-state index contributed by atoms with van der Waals surface area (Å²) in [4.78, 5) is 0. The predicted octanol–water partition coefficient (Wildman–Crippen LogP) is 4.06. The first-order chi connectivity index (χ1) is 5.09. The predicted molar refractivity (Wildman–Crippen MR) is 52.4 cm³/mol. The van der Waals surface area contributed by atoms with Gasteiger partial charge in [0.2, 0.25) is 0 Å². The summed E-state index contributed by atoms with van der Waals surface area (Å²) in [5.74, 6) is 3.30. The van der Waals surface area contributed by atoms with Crippen LogP contribution in [0.2, 0.25) is 0 Å². The van der Waals surface area contributed by atoms with Gasteiger partial charge < -0.3 is 0 Å². The molecule has 67 valence electrons. The Balaban J connectivity index is 3.55. The van der Waals surface area contributed by atoms with E-state index in [0.29, 0.717) is 0 Å². The van der Waals surface area contributed by atoms with Crippen molar-refractivity contribution in [2.24, 2.45) is 11.8 Å². The minimum absolute atomic E-state index is 0.807. The first kappa shape index (κ1) is 11.0. The molecule has 0 saturated heterocycles. The molecule has 0 aliphatic carbocycles. The number of unbranched alkanes of at least 4 members (excludes halogenated alkanes) is 1. The van der Waals surface area contributed by atoms with Gasteiger partial charge in [0, 0.05) is 0 Å². The van der Waals surface area contributed by atoms with Crippen LogP contribution in [0.1, 0.15) is 53.9 Å². The Morgan fingerprint density at radius 3 is 2.09 bits per heavy atom. The van der Waals surface area contributed by atoms with Gasteiger partial charge in [-0.3, -0.25) is 0 Å². The van der Waals surface area contributed by atoms with E-state index in [1.807, 2.05) is 0 Å². The average molecular weight is 155 g/mol. The van der Waals surface area contributed by atoms with Crippen LogP contribution in [0.25, 0.3) is 0 Å². The Hall–Kier alpha value is 0. The molecule has 0 spiro atoms. The summed E-state index contributed by atoms with van der Waals surface area (Å²) in [5, 5.41) is 0. The van der Waals surface area contributed by atoms with Gasteiger partial charge in [-0.2, -0.15) is 0 Å². The van der Waals surface area contributed by atoms with E-state index < -0.39 is 0 Å². The highest BCUT2D eigenvalue weighted by atomic mass is 14.2. The molecule has 11 heavy (non-hydrogen) atoms. The van der Waals surface area contributed by atoms with Crippen LogP contribution < -0.4 is 0 Å². The van der Waals surface area contributed by atoms with E-state index in [1.165, 1.54) is 19.3 Å². The third-order valence-electron chi connectivity index (χ3n) is 2.70. The van der Waals surface area contributed by atoms with Crippen molar-refractivity contribution in [3.8, 4) is 0 Å². The largest absolute Gasteiger partial charge is 0.0654 e. The van der Waals surface area contributed by atoms with Crippen molar-refractivity contribution < 1.29 is 0 Å². The van der Waals surface area contributed by atoms with Crippen LogP contribution in [0.4, 0.5) is 0 Å². The van der Waals surface area contributed by atoms with Crippen LogP contribution >= 0.6 is 0 Å². The zero-order chi connectivity index (χ0) is 8.85. The van der Waals surface area contributed by atoms with E-state index in [4.69, 9.17) is 0 Å². The molecular weight excluding hydrogens is 132 g/mol. The number of rotatable bonds is 5. The molecule has 0 rings (SSSR count). The molecule has 0 heteroatoms. The zero-order valence-corrected chi connectivity index (χ0v) is 8.78. The fraction of sp³-hybridized carbons (Fsp3) is 0.909. The molecule has 1 unspecified atom stereocenters. The monoisotopic (exact) mass is 155 g/mol. The van der Waals surface area contributed by atoms with Crippen molar-refractivity contribution in [2.45, 2.75) is 53.9 Å². The molecule has 1 atom stereocenters. The zero-order valence-electron chi connectivity index (χ0n) is 8.78. The van der Waals surface area contributed by atoms with Gasteiger partial charge in [-0.15, -0.1) is 0 Å². The normalized spacial score (nSPS) is 14.5. The van der Waals surface area contributed by atoms with Crippen molar-refractivity contribution in [3.05, 3.63) is 5.92 Å². The summed E-state index contributed by atoms with van der Waals surface area (Å²) >= 11 is 0. The Labute approximate surface area is 72.4 Å². The van der Waals surface area contributed by atoms with Crippen LogP contribution in [0.5, 0.6) is 0 Å². The van der Waals surface area contributed by atoms with E-state index in [-0.39, 0.29) is 0 Å². The van der Waals surface area contributed by atoms with Gasteiger partial charge in [0.15, 0.2) is 0 Å². The van der Waals surface area contributed by atoms with Crippen molar-refractivity contribution >= 4 is 0 Å².